The van der Waals surface area contributed by atoms with Gasteiger partial charge in [-0.05, 0) is 74.2 Å². The summed E-state index contributed by atoms with van der Waals surface area (Å²) in [6.45, 7) is 16.3. The van der Waals surface area contributed by atoms with Crippen molar-refractivity contribution in [1.29, 1.82) is 0 Å². The molecule has 0 aromatic heterocycles. The Kier molecular flexibility index (Phi) is 19.2. The average molecular weight is 475 g/mol. The normalized spacial score (nSPS) is 13.3. The van der Waals surface area contributed by atoms with Crippen LogP contribution in [0, 0.1) is 10.8 Å². The first-order chi connectivity index (χ1) is 16.0. The first-order valence-corrected chi connectivity index (χ1v) is 14.2. The Morgan fingerprint density at radius 3 is 1.88 bits per heavy atom. The molecule has 198 valence electrons. The van der Waals surface area contributed by atoms with Crippen LogP contribution in [0.15, 0.2) is 36.0 Å². The summed E-state index contributed by atoms with van der Waals surface area (Å²) in [5, 5.41) is 0. The second-order valence-corrected chi connectivity index (χ2v) is 12.3. The summed E-state index contributed by atoms with van der Waals surface area (Å²) >= 11 is 0. The van der Waals surface area contributed by atoms with Crippen LogP contribution in [0.1, 0.15) is 145 Å². The molecule has 0 unspecified atom stereocenters. The number of allylic oxidation sites excluding steroid dienone is 5. The van der Waals surface area contributed by atoms with E-state index in [0.717, 1.165) is 38.5 Å². The second kappa shape index (κ2) is 19.9. The molecule has 0 aromatic rings. The van der Waals surface area contributed by atoms with Crippen molar-refractivity contribution < 1.29 is 9.53 Å². The molecule has 0 atom stereocenters. The molecule has 0 amide bonds. The number of esters is 1. The molecule has 0 fully saturated rings. The third-order valence-corrected chi connectivity index (χ3v) is 5.83. The minimum absolute atomic E-state index is 0.0405. The molecule has 0 bridgehead atoms. The van der Waals surface area contributed by atoms with Gasteiger partial charge in [-0.3, -0.25) is 4.79 Å². The lowest BCUT2D eigenvalue weighted by atomic mass is 9.86. The van der Waals surface area contributed by atoms with Crippen LogP contribution in [0.2, 0.25) is 0 Å². The molecule has 34 heavy (non-hydrogen) atoms. The van der Waals surface area contributed by atoms with Crippen molar-refractivity contribution in [2.45, 2.75) is 145 Å². The summed E-state index contributed by atoms with van der Waals surface area (Å²) in [7, 11) is 0. The van der Waals surface area contributed by atoms with Gasteiger partial charge >= 0.3 is 5.97 Å². The van der Waals surface area contributed by atoms with Crippen molar-refractivity contribution in [3.8, 4) is 0 Å². The first-order valence-electron chi connectivity index (χ1n) is 14.2. The summed E-state index contributed by atoms with van der Waals surface area (Å²) in [4.78, 5) is 12.2. The Labute approximate surface area is 213 Å². The summed E-state index contributed by atoms with van der Waals surface area (Å²) in [6.07, 6.45) is 28.5. The zero-order chi connectivity index (χ0) is 25.7. The third kappa shape index (κ3) is 25.3. The fraction of sp³-hybridized carbons (Fsp3) is 0.781. The minimum atomic E-state index is -0.0405. The maximum Gasteiger partial charge on any atom is 0.306 e. The van der Waals surface area contributed by atoms with Crippen molar-refractivity contribution in [2.75, 3.05) is 6.61 Å². The van der Waals surface area contributed by atoms with E-state index < -0.39 is 0 Å². The molecule has 0 rings (SSSR count). The SMILES string of the molecule is CCCCC/C=C\C/C=C\CCCCCCCC(=O)OCC(=CCCC(C)(C)C)CC(C)(C)C. The highest BCUT2D eigenvalue weighted by Crippen LogP contribution is 2.27. The first kappa shape index (κ1) is 32.7. The second-order valence-electron chi connectivity index (χ2n) is 12.3. The molecule has 0 aliphatic heterocycles. The van der Waals surface area contributed by atoms with Crippen LogP contribution in [0.5, 0.6) is 0 Å². The highest BCUT2D eigenvalue weighted by Gasteiger charge is 2.15. The summed E-state index contributed by atoms with van der Waals surface area (Å²) < 4.78 is 5.63. The Hall–Kier alpha value is -1.31. The standard InChI is InChI=1S/C32H58O2/c1-8-9-10-11-12-13-14-15-16-17-18-19-20-21-22-25-30(33)34-28-29(27-32(5,6)7)24-23-26-31(2,3)4/h12-13,15-16,24H,8-11,14,17-23,25-28H2,1-7H3/b13-12-,16-15-,29-24?. The highest BCUT2D eigenvalue weighted by atomic mass is 16.5. The van der Waals surface area contributed by atoms with Gasteiger partial charge in [0.1, 0.15) is 6.61 Å². The molecule has 0 saturated heterocycles. The molecule has 0 aromatic carbocycles. The lowest BCUT2D eigenvalue weighted by Gasteiger charge is -2.21. The van der Waals surface area contributed by atoms with Crippen molar-refractivity contribution >= 4 is 5.97 Å². The molecule has 0 spiro atoms. The van der Waals surface area contributed by atoms with E-state index in [1.54, 1.807) is 0 Å². The molecule has 0 aliphatic rings. The van der Waals surface area contributed by atoms with Crippen LogP contribution < -0.4 is 0 Å². The van der Waals surface area contributed by atoms with Gasteiger partial charge in [-0.15, -0.1) is 0 Å². The Morgan fingerprint density at radius 2 is 1.29 bits per heavy atom. The quantitative estimate of drug-likeness (QED) is 0.106. The van der Waals surface area contributed by atoms with E-state index in [1.807, 2.05) is 0 Å². The van der Waals surface area contributed by atoms with Gasteiger partial charge in [-0.2, -0.15) is 0 Å². The maximum atomic E-state index is 12.2. The van der Waals surface area contributed by atoms with Crippen molar-refractivity contribution in [3.63, 3.8) is 0 Å². The number of carbonyl (C=O) groups excluding carboxylic acids is 1. The smallest absolute Gasteiger partial charge is 0.306 e. The van der Waals surface area contributed by atoms with E-state index >= 15 is 0 Å². The Bertz CT molecular complexity index is 581. The molecule has 2 nitrogen and oxygen atoms in total. The van der Waals surface area contributed by atoms with E-state index in [-0.39, 0.29) is 11.4 Å². The molecule has 0 radical (unpaired) electrons. The van der Waals surface area contributed by atoms with E-state index in [2.05, 4.69) is 78.8 Å². The number of hydrogen-bond acceptors (Lipinski definition) is 2. The van der Waals surface area contributed by atoms with Crippen LogP contribution in [-0.4, -0.2) is 12.6 Å². The predicted molar refractivity (Wildman–Crippen MR) is 151 cm³/mol. The fourth-order valence-electron chi connectivity index (χ4n) is 3.90. The van der Waals surface area contributed by atoms with E-state index in [0.29, 0.717) is 18.4 Å². The maximum absolute atomic E-state index is 12.2. The van der Waals surface area contributed by atoms with Gasteiger partial charge in [0.2, 0.25) is 0 Å². The summed E-state index contributed by atoms with van der Waals surface area (Å²) in [5.74, 6) is -0.0405. The molecule has 2 heteroatoms. The molecule has 0 saturated carbocycles. The van der Waals surface area contributed by atoms with Crippen LogP contribution in [-0.2, 0) is 9.53 Å². The number of hydrogen-bond donors (Lipinski definition) is 0. The number of ether oxygens (including phenoxy) is 1. The molecular weight excluding hydrogens is 416 g/mol. The van der Waals surface area contributed by atoms with Gasteiger partial charge < -0.3 is 4.74 Å². The Morgan fingerprint density at radius 1 is 0.706 bits per heavy atom. The number of carbonyl (C=O) groups is 1. The van der Waals surface area contributed by atoms with E-state index in [9.17, 15) is 4.79 Å². The molecule has 0 N–H and O–H groups in total. The molecular formula is C32H58O2. The molecule has 0 heterocycles. The topological polar surface area (TPSA) is 26.3 Å². The number of unbranched alkanes of at least 4 members (excludes halogenated alkanes) is 8. The largest absolute Gasteiger partial charge is 0.461 e. The third-order valence-electron chi connectivity index (χ3n) is 5.83. The van der Waals surface area contributed by atoms with E-state index in [1.165, 1.54) is 56.9 Å². The molecule has 0 aliphatic carbocycles. The van der Waals surface area contributed by atoms with Crippen LogP contribution in [0.3, 0.4) is 0 Å². The minimum Gasteiger partial charge on any atom is -0.461 e. The van der Waals surface area contributed by atoms with Gasteiger partial charge in [0.05, 0.1) is 0 Å². The van der Waals surface area contributed by atoms with Gasteiger partial charge in [-0.25, -0.2) is 0 Å². The van der Waals surface area contributed by atoms with Crippen LogP contribution in [0.4, 0.5) is 0 Å². The highest BCUT2D eigenvalue weighted by molar-refractivity contribution is 5.69. The average Bonchev–Trinajstić information content (AvgIpc) is 2.72. The summed E-state index contributed by atoms with van der Waals surface area (Å²) in [6, 6.07) is 0. The zero-order valence-electron chi connectivity index (χ0n) is 24.0. The lowest BCUT2D eigenvalue weighted by Crippen LogP contribution is -2.13. The predicted octanol–water partition coefficient (Wildman–Crippen LogP) is 10.5. The van der Waals surface area contributed by atoms with E-state index in [4.69, 9.17) is 4.74 Å². The van der Waals surface area contributed by atoms with Crippen LogP contribution in [0.25, 0.3) is 0 Å². The fourth-order valence-corrected chi connectivity index (χ4v) is 3.90. The van der Waals surface area contributed by atoms with Crippen molar-refractivity contribution in [1.82, 2.24) is 0 Å². The van der Waals surface area contributed by atoms with Gasteiger partial charge in [-0.1, -0.05) is 111 Å². The van der Waals surface area contributed by atoms with Gasteiger partial charge in [0.25, 0.3) is 0 Å². The van der Waals surface area contributed by atoms with Crippen molar-refractivity contribution in [3.05, 3.63) is 36.0 Å². The zero-order valence-corrected chi connectivity index (χ0v) is 24.0. The summed E-state index contributed by atoms with van der Waals surface area (Å²) in [5.41, 5.74) is 1.81. The lowest BCUT2D eigenvalue weighted by molar-refractivity contribution is -0.142. The van der Waals surface area contributed by atoms with Gasteiger partial charge in [0.15, 0.2) is 0 Å². The number of rotatable bonds is 19. The Balaban J connectivity index is 3.89. The van der Waals surface area contributed by atoms with Crippen LogP contribution >= 0.6 is 0 Å². The van der Waals surface area contributed by atoms with Gasteiger partial charge in [0, 0.05) is 6.42 Å². The monoisotopic (exact) mass is 474 g/mol. The van der Waals surface area contributed by atoms with Crippen molar-refractivity contribution in [2.24, 2.45) is 10.8 Å².